The molecule has 0 radical (unpaired) electrons. The minimum Gasteiger partial charge on any atom is -0.497 e. The topological polar surface area (TPSA) is 133 Å². The maximum absolute atomic E-state index is 13.3. The first kappa shape index (κ1) is 20.5. The molecule has 4 N–H and O–H groups in total. The molecule has 3 aliphatic rings. The Hall–Kier alpha value is -4.05. The normalized spacial score (nSPS) is 23.4. The van der Waals surface area contributed by atoms with Crippen LogP contribution in [-0.2, 0) is 18.5 Å². The van der Waals surface area contributed by atoms with Gasteiger partial charge in [0.1, 0.15) is 17.1 Å². The van der Waals surface area contributed by atoms with Gasteiger partial charge in [0.15, 0.2) is 11.8 Å². The summed E-state index contributed by atoms with van der Waals surface area (Å²) in [7, 11) is 1.58. The second kappa shape index (κ2) is 7.22. The van der Waals surface area contributed by atoms with Crippen molar-refractivity contribution in [1.82, 2.24) is 20.9 Å². The van der Waals surface area contributed by atoms with Gasteiger partial charge in [-0.1, -0.05) is 6.07 Å². The molecule has 0 bridgehead atoms. The van der Waals surface area contributed by atoms with Gasteiger partial charge in [0.2, 0.25) is 0 Å². The van der Waals surface area contributed by atoms with Crippen LogP contribution in [0.2, 0.25) is 0 Å². The van der Waals surface area contributed by atoms with Gasteiger partial charge in [-0.2, -0.15) is 0 Å². The van der Waals surface area contributed by atoms with Crippen LogP contribution >= 0.6 is 0 Å². The summed E-state index contributed by atoms with van der Waals surface area (Å²) in [5, 5.41) is 19.6. The Kier molecular flexibility index (Phi) is 4.37. The standard InChI is InChI=1S/C24H22N4O6/c1-33-14-3-4-15-12(8-14)6-7-28(21(15)30)11-24(22(31)26-23(32)27-24)18-9-16-17(34-18)5-2-13-10-25-20(29)19(13)16/h2-5,8-9,22,31H,6-7,10-11H2,1H3,(H,25,29)(H2,26,27,32). The Bertz CT molecular complexity index is 1380. The van der Waals surface area contributed by atoms with E-state index in [0.717, 1.165) is 11.1 Å². The molecular formula is C24H22N4O6. The molecule has 4 amide bonds. The fraction of sp³-hybridized carbons (Fsp3) is 0.292. The summed E-state index contributed by atoms with van der Waals surface area (Å²) in [6.45, 7) is 0.802. The predicted octanol–water partition coefficient (Wildman–Crippen LogP) is 1.21. The number of carbonyl (C=O) groups is 3. The fourth-order valence-electron chi connectivity index (χ4n) is 5.10. The minimum absolute atomic E-state index is 0.0224. The van der Waals surface area contributed by atoms with E-state index in [2.05, 4.69) is 16.0 Å². The zero-order valence-electron chi connectivity index (χ0n) is 18.3. The van der Waals surface area contributed by atoms with Crippen LogP contribution in [-0.4, -0.2) is 54.3 Å². The SMILES string of the molecule is COc1ccc2c(c1)CCN(CC1(c3cc4c5c(ccc4o3)CNC5=O)NC(=O)NC1O)C2=O. The average Bonchev–Trinajstić information content (AvgIpc) is 3.50. The highest BCUT2D eigenvalue weighted by molar-refractivity contribution is 6.09. The molecule has 0 aliphatic carbocycles. The molecule has 34 heavy (non-hydrogen) atoms. The van der Waals surface area contributed by atoms with Crippen LogP contribution in [0, 0.1) is 0 Å². The third kappa shape index (κ3) is 2.88. The highest BCUT2D eigenvalue weighted by Crippen LogP contribution is 2.37. The number of ether oxygens (including phenoxy) is 1. The first-order valence-corrected chi connectivity index (χ1v) is 11.0. The number of aliphatic hydroxyl groups excluding tert-OH is 1. The van der Waals surface area contributed by atoms with Gasteiger partial charge in [-0.3, -0.25) is 9.59 Å². The van der Waals surface area contributed by atoms with Gasteiger partial charge in [-0.15, -0.1) is 0 Å². The quantitative estimate of drug-likeness (QED) is 0.461. The molecule has 4 heterocycles. The number of nitrogens with one attached hydrogen (secondary N) is 3. The van der Waals surface area contributed by atoms with Crippen LogP contribution in [0.5, 0.6) is 5.75 Å². The van der Waals surface area contributed by atoms with Crippen molar-refractivity contribution >= 4 is 28.8 Å². The monoisotopic (exact) mass is 462 g/mol. The number of rotatable bonds is 4. The molecule has 0 spiro atoms. The van der Waals surface area contributed by atoms with Crippen LogP contribution in [0.1, 0.15) is 37.6 Å². The van der Waals surface area contributed by atoms with E-state index in [4.69, 9.17) is 9.15 Å². The van der Waals surface area contributed by atoms with E-state index >= 15 is 0 Å². The number of furan rings is 1. The molecule has 174 valence electrons. The predicted molar refractivity (Wildman–Crippen MR) is 119 cm³/mol. The van der Waals surface area contributed by atoms with E-state index in [1.807, 2.05) is 12.1 Å². The first-order chi connectivity index (χ1) is 16.4. The molecule has 2 atom stereocenters. The number of benzene rings is 2. The number of nitrogens with zero attached hydrogens (tertiary/aromatic N) is 1. The molecule has 6 rings (SSSR count). The molecule has 2 aromatic carbocycles. The molecule has 3 aromatic rings. The van der Waals surface area contributed by atoms with E-state index in [9.17, 15) is 19.5 Å². The van der Waals surface area contributed by atoms with Gasteiger partial charge >= 0.3 is 6.03 Å². The third-order valence-corrected chi connectivity index (χ3v) is 6.89. The largest absolute Gasteiger partial charge is 0.497 e. The number of aliphatic hydroxyl groups is 1. The van der Waals surface area contributed by atoms with Crippen molar-refractivity contribution in [3.63, 3.8) is 0 Å². The van der Waals surface area contributed by atoms with Crippen molar-refractivity contribution < 1.29 is 28.6 Å². The number of hydrogen-bond acceptors (Lipinski definition) is 6. The zero-order chi connectivity index (χ0) is 23.6. The summed E-state index contributed by atoms with van der Waals surface area (Å²) in [6, 6.07) is 9.97. The number of carbonyl (C=O) groups excluding carboxylic acids is 3. The Labute approximate surface area is 193 Å². The number of fused-ring (bicyclic) bond motifs is 4. The van der Waals surface area contributed by atoms with Crippen LogP contribution in [0.15, 0.2) is 40.8 Å². The van der Waals surface area contributed by atoms with E-state index < -0.39 is 17.8 Å². The Balaban J connectivity index is 1.41. The lowest BCUT2D eigenvalue weighted by Crippen LogP contribution is -2.56. The van der Waals surface area contributed by atoms with Crippen molar-refractivity contribution in [2.24, 2.45) is 0 Å². The highest BCUT2D eigenvalue weighted by atomic mass is 16.5. The Morgan fingerprint density at radius 2 is 2.03 bits per heavy atom. The highest BCUT2D eigenvalue weighted by Gasteiger charge is 2.52. The molecule has 10 heteroatoms. The van der Waals surface area contributed by atoms with Crippen LogP contribution in [0.25, 0.3) is 11.0 Å². The second-order valence-corrected chi connectivity index (χ2v) is 8.78. The molecule has 3 aliphatic heterocycles. The number of amides is 4. The molecule has 0 saturated carbocycles. The molecule has 1 aromatic heterocycles. The van der Waals surface area contributed by atoms with Gasteiger partial charge in [0.05, 0.1) is 19.2 Å². The second-order valence-electron chi connectivity index (χ2n) is 8.78. The lowest BCUT2D eigenvalue weighted by molar-refractivity contribution is 0.0332. The van der Waals surface area contributed by atoms with Crippen LogP contribution < -0.4 is 20.7 Å². The van der Waals surface area contributed by atoms with E-state index in [1.165, 1.54) is 0 Å². The first-order valence-electron chi connectivity index (χ1n) is 11.0. The maximum Gasteiger partial charge on any atom is 0.317 e. The summed E-state index contributed by atoms with van der Waals surface area (Å²) in [4.78, 5) is 39.6. The lowest BCUT2D eigenvalue weighted by Gasteiger charge is -2.37. The molecular weight excluding hydrogens is 440 g/mol. The van der Waals surface area contributed by atoms with Crippen LogP contribution in [0.4, 0.5) is 4.79 Å². The number of urea groups is 1. The van der Waals surface area contributed by atoms with Crippen molar-refractivity contribution in [2.45, 2.75) is 24.7 Å². The van der Waals surface area contributed by atoms with Gasteiger partial charge in [-0.05, 0) is 47.9 Å². The maximum atomic E-state index is 13.3. The number of hydrogen-bond donors (Lipinski definition) is 4. The lowest BCUT2D eigenvalue weighted by atomic mass is 9.91. The minimum atomic E-state index is -1.43. The van der Waals surface area contributed by atoms with Gasteiger partial charge in [0, 0.05) is 24.0 Å². The van der Waals surface area contributed by atoms with Crippen LogP contribution in [0.3, 0.4) is 0 Å². The van der Waals surface area contributed by atoms with Crippen molar-refractivity contribution in [3.8, 4) is 5.75 Å². The molecule has 1 saturated heterocycles. The summed E-state index contributed by atoms with van der Waals surface area (Å²) in [5.41, 5.74) is 1.83. The van der Waals surface area contributed by atoms with E-state index in [1.54, 1.807) is 36.3 Å². The van der Waals surface area contributed by atoms with E-state index in [-0.39, 0.29) is 24.1 Å². The van der Waals surface area contributed by atoms with Gasteiger partial charge < -0.3 is 35.1 Å². The average molecular weight is 462 g/mol. The molecule has 2 unspecified atom stereocenters. The molecule has 1 fully saturated rings. The zero-order valence-corrected chi connectivity index (χ0v) is 18.3. The Morgan fingerprint density at radius 1 is 1.18 bits per heavy atom. The van der Waals surface area contributed by atoms with Crippen molar-refractivity contribution in [1.29, 1.82) is 0 Å². The smallest absolute Gasteiger partial charge is 0.317 e. The summed E-state index contributed by atoms with van der Waals surface area (Å²) < 4.78 is 11.3. The Morgan fingerprint density at radius 3 is 2.79 bits per heavy atom. The molecule has 10 nitrogen and oxygen atoms in total. The fourth-order valence-corrected chi connectivity index (χ4v) is 5.10. The van der Waals surface area contributed by atoms with Crippen molar-refractivity contribution in [3.05, 3.63) is 64.4 Å². The number of methoxy groups -OCH3 is 1. The van der Waals surface area contributed by atoms with Gasteiger partial charge in [0.25, 0.3) is 11.8 Å². The summed E-state index contributed by atoms with van der Waals surface area (Å²) in [6.07, 6.45) is -0.757. The summed E-state index contributed by atoms with van der Waals surface area (Å²) >= 11 is 0. The third-order valence-electron chi connectivity index (χ3n) is 6.89. The van der Waals surface area contributed by atoms with Gasteiger partial charge in [-0.25, -0.2) is 4.79 Å². The van der Waals surface area contributed by atoms with Crippen molar-refractivity contribution in [2.75, 3.05) is 20.2 Å². The van der Waals surface area contributed by atoms with E-state index in [0.29, 0.717) is 47.4 Å². The summed E-state index contributed by atoms with van der Waals surface area (Å²) in [5.74, 6) is 0.523.